The molecule has 20 heavy (non-hydrogen) atoms. The van der Waals surface area contributed by atoms with Gasteiger partial charge in [-0.15, -0.1) is 0 Å². The fraction of sp³-hybridized carbons (Fsp3) is 0.200. The molecule has 0 saturated heterocycles. The smallest absolute Gasteiger partial charge is 0.168 e. The zero-order valence-corrected chi connectivity index (χ0v) is 11.0. The van der Waals surface area contributed by atoms with E-state index in [1.807, 2.05) is 0 Å². The van der Waals surface area contributed by atoms with Gasteiger partial charge in [0.25, 0.3) is 0 Å². The number of methoxy groups -OCH3 is 1. The molecule has 0 aliphatic heterocycles. The van der Waals surface area contributed by atoms with Crippen LogP contribution < -0.4 is 15.2 Å². The standard InChI is InChI=1S/C15H15F2NO2/c1-19-12-5-2-10(3-6-12)15(9-18)20-14-7-4-11(16)8-13(14)17/h2-8,15H,9,18H2,1H3. The summed E-state index contributed by atoms with van der Waals surface area (Å²) in [5.41, 5.74) is 6.44. The zero-order chi connectivity index (χ0) is 14.5. The van der Waals surface area contributed by atoms with Gasteiger partial charge in [-0.3, -0.25) is 0 Å². The van der Waals surface area contributed by atoms with Gasteiger partial charge in [-0.05, 0) is 29.8 Å². The fourth-order valence-corrected chi connectivity index (χ4v) is 1.79. The van der Waals surface area contributed by atoms with Gasteiger partial charge in [0.15, 0.2) is 11.6 Å². The highest BCUT2D eigenvalue weighted by Crippen LogP contribution is 2.25. The van der Waals surface area contributed by atoms with Crippen molar-refractivity contribution < 1.29 is 18.3 Å². The van der Waals surface area contributed by atoms with Gasteiger partial charge in [0.05, 0.1) is 7.11 Å². The van der Waals surface area contributed by atoms with E-state index >= 15 is 0 Å². The van der Waals surface area contributed by atoms with E-state index in [4.69, 9.17) is 15.2 Å². The number of hydrogen-bond donors (Lipinski definition) is 1. The number of hydrogen-bond acceptors (Lipinski definition) is 3. The van der Waals surface area contributed by atoms with E-state index in [9.17, 15) is 8.78 Å². The van der Waals surface area contributed by atoms with Crippen LogP contribution in [0.5, 0.6) is 11.5 Å². The van der Waals surface area contributed by atoms with E-state index in [-0.39, 0.29) is 12.3 Å². The highest BCUT2D eigenvalue weighted by molar-refractivity contribution is 5.31. The molecule has 0 aliphatic carbocycles. The van der Waals surface area contributed by atoms with Gasteiger partial charge in [-0.25, -0.2) is 8.78 Å². The predicted molar refractivity (Wildman–Crippen MR) is 71.8 cm³/mol. The normalized spacial score (nSPS) is 12.0. The van der Waals surface area contributed by atoms with Gasteiger partial charge >= 0.3 is 0 Å². The van der Waals surface area contributed by atoms with E-state index in [1.54, 1.807) is 31.4 Å². The van der Waals surface area contributed by atoms with E-state index in [0.29, 0.717) is 5.75 Å². The summed E-state index contributed by atoms with van der Waals surface area (Å²) in [7, 11) is 1.57. The van der Waals surface area contributed by atoms with Gasteiger partial charge < -0.3 is 15.2 Å². The summed E-state index contributed by atoms with van der Waals surface area (Å²) in [4.78, 5) is 0. The van der Waals surface area contributed by atoms with Crippen LogP contribution in [0, 0.1) is 11.6 Å². The van der Waals surface area contributed by atoms with Crippen LogP contribution in [0.15, 0.2) is 42.5 Å². The molecule has 0 radical (unpaired) electrons. The van der Waals surface area contributed by atoms with Crippen molar-refractivity contribution in [3.63, 3.8) is 0 Å². The number of ether oxygens (including phenoxy) is 2. The monoisotopic (exact) mass is 279 g/mol. The van der Waals surface area contributed by atoms with Crippen LogP contribution in [0.4, 0.5) is 8.78 Å². The molecule has 2 aromatic carbocycles. The van der Waals surface area contributed by atoms with Crippen LogP contribution in [-0.4, -0.2) is 13.7 Å². The molecule has 3 nitrogen and oxygen atoms in total. The maximum atomic E-state index is 13.6. The fourth-order valence-electron chi connectivity index (χ4n) is 1.79. The lowest BCUT2D eigenvalue weighted by atomic mass is 10.1. The van der Waals surface area contributed by atoms with E-state index in [0.717, 1.165) is 17.7 Å². The van der Waals surface area contributed by atoms with Crippen molar-refractivity contribution in [3.8, 4) is 11.5 Å². The third kappa shape index (κ3) is 3.24. The summed E-state index contributed by atoms with van der Waals surface area (Å²) in [5.74, 6) is -0.726. The van der Waals surface area contributed by atoms with Crippen molar-refractivity contribution in [1.82, 2.24) is 0 Å². The summed E-state index contributed by atoms with van der Waals surface area (Å²) in [6, 6.07) is 10.3. The van der Waals surface area contributed by atoms with E-state index in [2.05, 4.69) is 0 Å². The molecule has 2 aromatic rings. The molecule has 5 heteroatoms. The van der Waals surface area contributed by atoms with E-state index < -0.39 is 17.7 Å². The average molecular weight is 279 g/mol. The van der Waals surface area contributed by atoms with Crippen LogP contribution in [0.25, 0.3) is 0 Å². The molecule has 1 unspecified atom stereocenters. The van der Waals surface area contributed by atoms with Crippen LogP contribution in [-0.2, 0) is 0 Å². The first kappa shape index (κ1) is 14.3. The second kappa shape index (κ2) is 6.34. The Hall–Kier alpha value is -2.14. The Morgan fingerprint density at radius 2 is 1.80 bits per heavy atom. The van der Waals surface area contributed by atoms with Crippen molar-refractivity contribution in [2.24, 2.45) is 5.73 Å². The highest BCUT2D eigenvalue weighted by Gasteiger charge is 2.14. The molecular formula is C15H15F2NO2. The Labute approximate surface area is 115 Å². The zero-order valence-electron chi connectivity index (χ0n) is 11.0. The summed E-state index contributed by atoms with van der Waals surface area (Å²) >= 11 is 0. The first-order valence-electron chi connectivity index (χ1n) is 6.09. The molecule has 0 aliphatic rings. The lowest BCUT2D eigenvalue weighted by Crippen LogP contribution is -2.18. The molecule has 1 atom stereocenters. The lowest BCUT2D eigenvalue weighted by Gasteiger charge is -2.18. The van der Waals surface area contributed by atoms with Crippen molar-refractivity contribution >= 4 is 0 Å². The van der Waals surface area contributed by atoms with E-state index in [1.165, 1.54) is 6.07 Å². The van der Waals surface area contributed by atoms with Gasteiger partial charge in [-0.1, -0.05) is 12.1 Å². The molecule has 0 amide bonds. The summed E-state index contributed by atoms with van der Waals surface area (Å²) in [6.07, 6.45) is -0.513. The van der Waals surface area contributed by atoms with Gasteiger partial charge in [0.2, 0.25) is 0 Å². The Kier molecular flexibility index (Phi) is 4.53. The average Bonchev–Trinajstić information content (AvgIpc) is 2.47. The van der Waals surface area contributed by atoms with Crippen LogP contribution in [0.1, 0.15) is 11.7 Å². The number of benzene rings is 2. The quantitative estimate of drug-likeness (QED) is 0.915. The molecule has 0 heterocycles. The highest BCUT2D eigenvalue weighted by atomic mass is 19.1. The second-order valence-electron chi connectivity index (χ2n) is 4.19. The third-order valence-corrected chi connectivity index (χ3v) is 2.86. The summed E-state index contributed by atoms with van der Waals surface area (Å²) < 4.78 is 37.0. The maximum absolute atomic E-state index is 13.6. The van der Waals surface area contributed by atoms with Gasteiger partial charge in [0.1, 0.15) is 17.7 Å². The van der Waals surface area contributed by atoms with Crippen molar-refractivity contribution in [2.75, 3.05) is 13.7 Å². The maximum Gasteiger partial charge on any atom is 0.168 e. The van der Waals surface area contributed by atoms with Crippen molar-refractivity contribution in [2.45, 2.75) is 6.10 Å². The summed E-state index contributed by atoms with van der Waals surface area (Å²) in [6.45, 7) is 0.170. The second-order valence-corrected chi connectivity index (χ2v) is 4.19. The topological polar surface area (TPSA) is 44.5 Å². The Morgan fingerprint density at radius 3 is 2.35 bits per heavy atom. The Bertz CT molecular complexity index is 573. The summed E-state index contributed by atoms with van der Waals surface area (Å²) in [5, 5.41) is 0. The van der Waals surface area contributed by atoms with Crippen molar-refractivity contribution in [3.05, 3.63) is 59.7 Å². The van der Waals surface area contributed by atoms with Gasteiger partial charge in [0, 0.05) is 12.6 Å². The number of nitrogens with two attached hydrogens (primary N) is 1. The van der Waals surface area contributed by atoms with Crippen molar-refractivity contribution in [1.29, 1.82) is 0 Å². The third-order valence-electron chi connectivity index (χ3n) is 2.86. The van der Waals surface area contributed by atoms with Gasteiger partial charge in [-0.2, -0.15) is 0 Å². The SMILES string of the molecule is COc1ccc(C(CN)Oc2ccc(F)cc2F)cc1. The minimum absolute atomic E-state index is 0.0299. The molecule has 0 saturated carbocycles. The lowest BCUT2D eigenvalue weighted by molar-refractivity contribution is 0.204. The molecule has 0 spiro atoms. The molecule has 0 aromatic heterocycles. The number of rotatable bonds is 5. The largest absolute Gasteiger partial charge is 0.497 e. The molecule has 0 fully saturated rings. The minimum atomic E-state index is -0.753. The Balaban J connectivity index is 2.19. The minimum Gasteiger partial charge on any atom is -0.497 e. The molecule has 2 N–H and O–H groups in total. The first-order valence-corrected chi connectivity index (χ1v) is 6.09. The number of halogens is 2. The molecular weight excluding hydrogens is 264 g/mol. The Morgan fingerprint density at radius 1 is 1.10 bits per heavy atom. The first-order chi connectivity index (χ1) is 9.63. The predicted octanol–water partition coefficient (Wildman–Crippen LogP) is 3.05. The molecule has 2 rings (SSSR count). The van der Waals surface area contributed by atoms with Crippen LogP contribution >= 0.6 is 0 Å². The van der Waals surface area contributed by atoms with Crippen LogP contribution in [0.3, 0.4) is 0 Å². The van der Waals surface area contributed by atoms with Crippen LogP contribution in [0.2, 0.25) is 0 Å². The molecule has 0 bridgehead atoms. The molecule has 106 valence electrons.